The SMILES string of the molecule is Cc1cc(C(F)(C(F)(F)F)C(F)(F)F)cc(S)c1N. The van der Waals surface area contributed by atoms with Crippen LogP contribution in [0.2, 0.25) is 0 Å². The van der Waals surface area contributed by atoms with E-state index in [0.29, 0.717) is 12.1 Å². The molecule has 0 bridgehead atoms. The smallest absolute Gasteiger partial charge is 0.398 e. The van der Waals surface area contributed by atoms with E-state index < -0.39 is 23.6 Å². The lowest BCUT2D eigenvalue weighted by molar-refractivity contribution is -0.348. The van der Waals surface area contributed by atoms with Gasteiger partial charge in [-0.2, -0.15) is 26.3 Å². The average molecular weight is 307 g/mol. The Hall–Kier alpha value is -1.12. The zero-order chi connectivity index (χ0) is 15.2. The van der Waals surface area contributed by atoms with Crippen molar-refractivity contribution in [3.05, 3.63) is 23.3 Å². The van der Waals surface area contributed by atoms with Gasteiger partial charge in [0.05, 0.1) is 0 Å². The van der Waals surface area contributed by atoms with Gasteiger partial charge >= 0.3 is 18.0 Å². The van der Waals surface area contributed by atoms with Crippen LogP contribution in [0.25, 0.3) is 0 Å². The summed E-state index contributed by atoms with van der Waals surface area (Å²) in [6.45, 7) is 1.16. The van der Waals surface area contributed by atoms with Crippen LogP contribution in [-0.4, -0.2) is 12.4 Å². The Morgan fingerprint density at radius 2 is 1.37 bits per heavy atom. The molecule has 1 nitrogen and oxygen atoms in total. The van der Waals surface area contributed by atoms with Crippen molar-refractivity contribution in [3.8, 4) is 0 Å². The predicted octanol–water partition coefficient (Wildman–Crippen LogP) is 4.16. The topological polar surface area (TPSA) is 26.0 Å². The molecule has 0 aliphatic rings. The van der Waals surface area contributed by atoms with E-state index in [9.17, 15) is 30.7 Å². The fraction of sp³-hybridized carbons (Fsp3) is 0.400. The number of benzene rings is 1. The number of hydrogen-bond acceptors (Lipinski definition) is 2. The van der Waals surface area contributed by atoms with Gasteiger partial charge in [-0.15, -0.1) is 12.6 Å². The molecule has 19 heavy (non-hydrogen) atoms. The van der Waals surface area contributed by atoms with Crippen molar-refractivity contribution in [2.45, 2.75) is 29.8 Å². The first-order valence-electron chi connectivity index (χ1n) is 4.74. The van der Waals surface area contributed by atoms with Crippen LogP contribution in [-0.2, 0) is 5.67 Å². The van der Waals surface area contributed by atoms with Crippen molar-refractivity contribution < 1.29 is 30.7 Å². The highest BCUT2D eigenvalue weighted by atomic mass is 32.1. The standard InChI is InChI=1S/C10H8F7NS/c1-4-2-5(3-6(19)7(4)18)8(11,9(12,13)14)10(15,16)17/h2-3,19H,18H2,1H3. The summed E-state index contributed by atoms with van der Waals surface area (Å²) in [5.74, 6) is 0. The van der Waals surface area contributed by atoms with Gasteiger partial charge in [-0.25, -0.2) is 4.39 Å². The van der Waals surface area contributed by atoms with Gasteiger partial charge in [0.25, 0.3) is 0 Å². The zero-order valence-corrected chi connectivity index (χ0v) is 10.2. The Morgan fingerprint density at radius 3 is 1.68 bits per heavy atom. The molecule has 0 aliphatic heterocycles. The van der Waals surface area contributed by atoms with E-state index in [0.717, 1.165) is 6.92 Å². The number of nitrogens with two attached hydrogens (primary N) is 1. The highest BCUT2D eigenvalue weighted by Gasteiger charge is 2.73. The molecule has 1 aromatic rings. The molecular weight excluding hydrogens is 299 g/mol. The van der Waals surface area contributed by atoms with Crippen molar-refractivity contribution in [1.82, 2.24) is 0 Å². The Balaban J connectivity index is 3.62. The largest absolute Gasteiger partial charge is 0.435 e. The van der Waals surface area contributed by atoms with Crippen molar-refractivity contribution in [1.29, 1.82) is 0 Å². The van der Waals surface area contributed by atoms with Gasteiger partial charge in [-0.1, -0.05) is 6.07 Å². The summed E-state index contributed by atoms with van der Waals surface area (Å²) in [5, 5.41) is 0. The molecule has 0 saturated carbocycles. The second kappa shape index (κ2) is 4.46. The third-order valence-electron chi connectivity index (χ3n) is 2.54. The van der Waals surface area contributed by atoms with Crippen LogP contribution in [0.1, 0.15) is 11.1 Å². The van der Waals surface area contributed by atoms with Crippen LogP contribution in [0.5, 0.6) is 0 Å². The summed E-state index contributed by atoms with van der Waals surface area (Å²) < 4.78 is 88.7. The number of thiol groups is 1. The van der Waals surface area contributed by atoms with E-state index in [1.54, 1.807) is 0 Å². The van der Waals surface area contributed by atoms with Gasteiger partial charge in [-0.3, -0.25) is 0 Å². The van der Waals surface area contributed by atoms with Crippen molar-refractivity contribution in [2.75, 3.05) is 5.73 Å². The van der Waals surface area contributed by atoms with Crippen molar-refractivity contribution in [3.63, 3.8) is 0 Å². The van der Waals surface area contributed by atoms with E-state index in [1.807, 2.05) is 0 Å². The lowest BCUT2D eigenvalue weighted by Crippen LogP contribution is -2.50. The van der Waals surface area contributed by atoms with Crippen LogP contribution in [0.15, 0.2) is 17.0 Å². The molecule has 9 heteroatoms. The van der Waals surface area contributed by atoms with E-state index in [1.165, 1.54) is 0 Å². The molecule has 0 unspecified atom stereocenters. The highest BCUT2D eigenvalue weighted by Crippen LogP contribution is 2.53. The first kappa shape index (κ1) is 15.9. The van der Waals surface area contributed by atoms with Crippen molar-refractivity contribution >= 4 is 18.3 Å². The second-order valence-electron chi connectivity index (χ2n) is 3.88. The molecule has 0 aromatic heterocycles. The lowest BCUT2D eigenvalue weighted by Gasteiger charge is -2.30. The number of nitrogen functional groups attached to an aromatic ring is 1. The average Bonchev–Trinajstić information content (AvgIpc) is 2.20. The molecule has 0 fully saturated rings. The van der Waals surface area contributed by atoms with Crippen LogP contribution >= 0.6 is 12.6 Å². The normalized spacial score (nSPS) is 13.7. The van der Waals surface area contributed by atoms with Gasteiger partial charge in [0.2, 0.25) is 0 Å². The fourth-order valence-corrected chi connectivity index (χ4v) is 1.78. The molecule has 0 spiro atoms. The number of aryl methyl sites for hydroxylation is 1. The summed E-state index contributed by atoms with van der Waals surface area (Å²) in [4.78, 5) is -0.356. The Bertz CT molecular complexity index is 455. The van der Waals surface area contributed by atoms with Crippen molar-refractivity contribution in [2.24, 2.45) is 0 Å². The number of alkyl halides is 7. The molecule has 0 saturated heterocycles. The molecular formula is C10H8F7NS. The Labute approximate surface area is 109 Å². The monoisotopic (exact) mass is 307 g/mol. The molecule has 2 N–H and O–H groups in total. The van der Waals surface area contributed by atoms with Crippen LogP contribution < -0.4 is 5.73 Å². The third-order valence-corrected chi connectivity index (χ3v) is 2.91. The zero-order valence-electron chi connectivity index (χ0n) is 9.33. The predicted molar refractivity (Wildman–Crippen MR) is 57.7 cm³/mol. The first-order valence-corrected chi connectivity index (χ1v) is 5.19. The van der Waals surface area contributed by atoms with Gasteiger partial charge < -0.3 is 5.73 Å². The fourth-order valence-electron chi connectivity index (χ4n) is 1.47. The number of rotatable bonds is 1. The third kappa shape index (κ3) is 2.47. The maximum Gasteiger partial charge on any atom is 0.435 e. The van der Waals surface area contributed by atoms with Gasteiger partial charge in [0.15, 0.2) is 0 Å². The molecule has 108 valence electrons. The summed E-state index contributed by atoms with van der Waals surface area (Å²) in [5.41, 5.74) is -1.94. The minimum atomic E-state index is -6.14. The van der Waals surface area contributed by atoms with Crippen LogP contribution in [0.3, 0.4) is 0 Å². The Kier molecular flexibility index (Phi) is 3.74. The molecule has 0 atom stereocenters. The molecule has 0 radical (unpaired) electrons. The van der Waals surface area contributed by atoms with Crippen LogP contribution in [0, 0.1) is 6.92 Å². The second-order valence-corrected chi connectivity index (χ2v) is 4.36. The first-order chi connectivity index (χ1) is 8.32. The van der Waals surface area contributed by atoms with E-state index in [4.69, 9.17) is 5.73 Å². The molecule has 1 aromatic carbocycles. The summed E-state index contributed by atoms with van der Waals surface area (Å²) in [6.07, 6.45) is -12.3. The summed E-state index contributed by atoms with van der Waals surface area (Å²) >= 11 is 3.63. The van der Waals surface area contributed by atoms with E-state index in [-0.39, 0.29) is 16.1 Å². The van der Waals surface area contributed by atoms with Gasteiger partial charge in [-0.05, 0) is 18.6 Å². The molecule has 0 heterocycles. The van der Waals surface area contributed by atoms with E-state index >= 15 is 0 Å². The number of hydrogen-bond donors (Lipinski definition) is 2. The highest BCUT2D eigenvalue weighted by molar-refractivity contribution is 7.80. The summed E-state index contributed by atoms with van der Waals surface area (Å²) in [7, 11) is 0. The maximum atomic E-state index is 13.7. The quantitative estimate of drug-likeness (QED) is 0.455. The molecule has 0 aliphatic carbocycles. The molecule has 1 rings (SSSR count). The Morgan fingerprint density at radius 1 is 0.947 bits per heavy atom. The van der Waals surface area contributed by atoms with Gasteiger partial charge in [0, 0.05) is 16.1 Å². The maximum absolute atomic E-state index is 13.7. The minimum absolute atomic E-state index is 0.112. The lowest BCUT2D eigenvalue weighted by atomic mass is 9.92. The summed E-state index contributed by atoms with van der Waals surface area (Å²) in [6, 6.07) is 0.739. The molecule has 0 amide bonds. The minimum Gasteiger partial charge on any atom is -0.398 e. The van der Waals surface area contributed by atoms with E-state index in [2.05, 4.69) is 12.6 Å². The number of anilines is 1. The van der Waals surface area contributed by atoms with Crippen LogP contribution in [0.4, 0.5) is 36.4 Å². The number of halogens is 7. The van der Waals surface area contributed by atoms with Gasteiger partial charge in [0.1, 0.15) is 0 Å².